The number of hydrogen-bond donors (Lipinski definition) is 1. The van der Waals surface area contributed by atoms with Crippen LogP contribution in [0.25, 0.3) is 0 Å². The van der Waals surface area contributed by atoms with E-state index in [1.54, 1.807) is 6.20 Å². The van der Waals surface area contributed by atoms with E-state index in [-0.39, 0.29) is 0 Å². The molecule has 0 spiro atoms. The lowest BCUT2D eigenvalue weighted by Crippen LogP contribution is -2.07. The lowest BCUT2D eigenvalue weighted by Gasteiger charge is -2.05. The molecule has 0 fully saturated rings. The number of pyridine rings is 1. The van der Waals surface area contributed by atoms with Gasteiger partial charge in [-0.25, -0.2) is 0 Å². The molecule has 0 bridgehead atoms. The number of nitrogens with zero attached hydrogens (tertiary/aromatic N) is 1. The van der Waals surface area contributed by atoms with Crippen molar-refractivity contribution in [3.63, 3.8) is 0 Å². The Hall–Kier alpha value is -1.35. The lowest BCUT2D eigenvalue weighted by atomic mass is 10.3. The first-order valence-corrected chi connectivity index (χ1v) is 4.70. The zero-order valence-corrected chi connectivity index (χ0v) is 8.49. The predicted molar refractivity (Wildman–Crippen MR) is 57.3 cm³/mol. The van der Waals surface area contributed by atoms with Crippen LogP contribution >= 0.6 is 0 Å². The second-order valence-corrected chi connectivity index (χ2v) is 2.94. The van der Waals surface area contributed by atoms with Gasteiger partial charge in [0, 0.05) is 18.8 Å². The fraction of sp³-hybridized carbons (Fsp3) is 0.364. The van der Waals surface area contributed by atoms with Crippen molar-refractivity contribution < 1.29 is 4.74 Å². The molecule has 0 aromatic carbocycles. The molecule has 1 rings (SSSR count). The third kappa shape index (κ3) is 3.58. The maximum absolute atomic E-state index is 5.49. The van der Waals surface area contributed by atoms with E-state index in [9.17, 15) is 0 Å². The molecule has 0 amide bonds. The highest BCUT2D eigenvalue weighted by atomic mass is 16.5. The van der Waals surface area contributed by atoms with Crippen LogP contribution in [-0.2, 0) is 6.54 Å². The molecule has 1 aromatic rings. The van der Waals surface area contributed by atoms with Crippen LogP contribution in [0.2, 0.25) is 0 Å². The summed E-state index contributed by atoms with van der Waals surface area (Å²) in [6.07, 6.45) is 4.47. The maximum atomic E-state index is 5.49. The minimum Gasteiger partial charge on any atom is -0.493 e. The van der Waals surface area contributed by atoms with Crippen LogP contribution in [0.15, 0.2) is 31.0 Å². The molecule has 0 aliphatic rings. The SMILES string of the molecule is C=CCCOc1ccnc(CNC)c1. The van der Waals surface area contributed by atoms with Crippen molar-refractivity contribution in [2.45, 2.75) is 13.0 Å². The largest absolute Gasteiger partial charge is 0.493 e. The average molecular weight is 192 g/mol. The third-order valence-electron chi connectivity index (χ3n) is 1.74. The molecule has 0 unspecified atom stereocenters. The Morgan fingerprint density at radius 2 is 2.50 bits per heavy atom. The molecular weight excluding hydrogens is 176 g/mol. The lowest BCUT2D eigenvalue weighted by molar-refractivity contribution is 0.324. The highest BCUT2D eigenvalue weighted by Crippen LogP contribution is 2.10. The highest BCUT2D eigenvalue weighted by molar-refractivity contribution is 5.22. The summed E-state index contributed by atoms with van der Waals surface area (Å²) in [6.45, 7) is 5.07. The van der Waals surface area contributed by atoms with Crippen molar-refractivity contribution in [2.24, 2.45) is 0 Å². The monoisotopic (exact) mass is 192 g/mol. The van der Waals surface area contributed by atoms with Gasteiger partial charge in [-0.05, 0) is 19.5 Å². The van der Waals surface area contributed by atoms with Gasteiger partial charge in [-0.3, -0.25) is 4.98 Å². The van der Waals surface area contributed by atoms with E-state index >= 15 is 0 Å². The quantitative estimate of drug-likeness (QED) is 0.551. The smallest absolute Gasteiger partial charge is 0.122 e. The molecule has 0 saturated heterocycles. The molecule has 1 N–H and O–H groups in total. The van der Waals surface area contributed by atoms with Crippen LogP contribution in [0.3, 0.4) is 0 Å². The predicted octanol–water partition coefficient (Wildman–Crippen LogP) is 1.76. The Bertz CT molecular complexity index is 286. The topological polar surface area (TPSA) is 34.1 Å². The summed E-state index contributed by atoms with van der Waals surface area (Å²) in [4.78, 5) is 4.19. The average Bonchev–Trinajstić information content (AvgIpc) is 2.19. The van der Waals surface area contributed by atoms with E-state index < -0.39 is 0 Å². The first kappa shape index (κ1) is 10.7. The second-order valence-electron chi connectivity index (χ2n) is 2.94. The summed E-state index contributed by atoms with van der Waals surface area (Å²) in [5, 5.41) is 3.04. The van der Waals surface area contributed by atoms with Gasteiger partial charge in [0.05, 0.1) is 12.3 Å². The van der Waals surface area contributed by atoms with Crippen LogP contribution < -0.4 is 10.1 Å². The van der Waals surface area contributed by atoms with Crippen molar-refractivity contribution >= 4 is 0 Å². The van der Waals surface area contributed by atoms with Crippen LogP contribution in [-0.4, -0.2) is 18.6 Å². The fourth-order valence-electron chi connectivity index (χ4n) is 1.08. The van der Waals surface area contributed by atoms with Crippen LogP contribution in [0, 0.1) is 0 Å². The number of nitrogens with one attached hydrogen (secondary N) is 1. The van der Waals surface area contributed by atoms with Crippen LogP contribution in [0.4, 0.5) is 0 Å². The van der Waals surface area contributed by atoms with E-state index in [2.05, 4.69) is 16.9 Å². The van der Waals surface area contributed by atoms with Crippen molar-refractivity contribution in [1.82, 2.24) is 10.3 Å². The van der Waals surface area contributed by atoms with E-state index in [0.29, 0.717) is 6.61 Å². The molecule has 3 heteroatoms. The molecule has 3 nitrogen and oxygen atoms in total. The number of hydrogen-bond acceptors (Lipinski definition) is 3. The molecule has 0 saturated carbocycles. The second kappa shape index (κ2) is 6.16. The zero-order chi connectivity index (χ0) is 10.2. The van der Waals surface area contributed by atoms with Gasteiger partial charge < -0.3 is 10.1 Å². The minimum atomic E-state index is 0.673. The highest BCUT2D eigenvalue weighted by Gasteiger charge is 1.96. The molecule has 76 valence electrons. The molecule has 0 aliphatic carbocycles. The Kier molecular flexibility index (Phi) is 4.72. The minimum absolute atomic E-state index is 0.673. The van der Waals surface area contributed by atoms with Crippen molar-refractivity contribution in [1.29, 1.82) is 0 Å². The van der Waals surface area contributed by atoms with Gasteiger partial charge in [0.25, 0.3) is 0 Å². The number of rotatable bonds is 6. The van der Waals surface area contributed by atoms with Gasteiger partial charge in [-0.1, -0.05) is 6.08 Å². The van der Waals surface area contributed by atoms with Gasteiger partial charge >= 0.3 is 0 Å². The number of ether oxygens (including phenoxy) is 1. The summed E-state index contributed by atoms with van der Waals surface area (Å²) in [5.74, 6) is 0.868. The Morgan fingerprint density at radius 1 is 1.64 bits per heavy atom. The van der Waals surface area contributed by atoms with E-state index in [1.807, 2.05) is 25.3 Å². The third-order valence-corrected chi connectivity index (χ3v) is 1.74. The summed E-state index contributed by atoms with van der Waals surface area (Å²) >= 11 is 0. The van der Waals surface area contributed by atoms with Gasteiger partial charge in [0.2, 0.25) is 0 Å². The van der Waals surface area contributed by atoms with Crippen molar-refractivity contribution in [3.8, 4) is 5.75 Å². The van der Waals surface area contributed by atoms with Gasteiger partial charge in [-0.2, -0.15) is 0 Å². The standard InChI is InChI=1S/C11H16N2O/c1-3-4-7-14-11-5-6-13-10(8-11)9-12-2/h3,5-6,8,12H,1,4,7,9H2,2H3. The maximum Gasteiger partial charge on any atom is 0.122 e. The van der Waals surface area contributed by atoms with Gasteiger partial charge in [0.15, 0.2) is 0 Å². The molecular formula is C11H16N2O. The van der Waals surface area contributed by atoms with Crippen molar-refractivity contribution in [2.75, 3.05) is 13.7 Å². The summed E-state index contributed by atoms with van der Waals surface area (Å²) in [7, 11) is 1.90. The van der Waals surface area contributed by atoms with Crippen LogP contribution in [0.5, 0.6) is 5.75 Å². The van der Waals surface area contributed by atoms with E-state index in [1.165, 1.54) is 0 Å². The molecule has 0 radical (unpaired) electrons. The van der Waals surface area contributed by atoms with Gasteiger partial charge in [-0.15, -0.1) is 6.58 Å². The Balaban J connectivity index is 2.50. The summed E-state index contributed by atoms with van der Waals surface area (Å²) < 4.78 is 5.49. The molecule has 1 aromatic heterocycles. The molecule has 0 aliphatic heterocycles. The normalized spacial score (nSPS) is 9.79. The molecule has 0 atom stereocenters. The Labute approximate surface area is 84.8 Å². The van der Waals surface area contributed by atoms with E-state index in [4.69, 9.17) is 4.74 Å². The zero-order valence-electron chi connectivity index (χ0n) is 8.49. The first-order chi connectivity index (χ1) is 6.86. The van der Waals surface area contributed by atoms with Crippen LogP contribution in [0.1, 0.15) is 12.1 Å². The van der Waals surface area contributed by atoms with Crippen molar-refractivity contribution in [3.05, 3.63) is 36.7 Å². The molecule has 14 heavy (non-hydrogen) atoms. The Morgan fingerprint density at radius 3 is 3.21 bits per heavy atom. The first-order valence-electron chi connectivity index (χ1n) is 4.70. The van der Waals surface area contributed by atoms with Gasteiger partial charge in [0.1, 0.15) is 5.75 Å². The fourth-order valence-corrected chi connectivity index (χ4v) is 1.08. The summed E-state index contributed by atoms with van der Waals surface area (Å²) in [6, 6.07) is 3.81. The molecule has 1 heterocycles. The summed E-state index contributed by atoms with van der Waals surface area (Å²) in [5.41, 5.74) is 0.989. The van der Waals surface area contributed by atoms with E-state index in [0.717, 1.165) is 24.4 Å². The number of aromatic nitrogens is 1.